The van der Waals surface area contributed by atoms with E-state index in [0.717, 1.165) is 17.2 Å². The number of aryl methyl sites for hydroxylation is 2. The van der Waals surface area contributed by atoms with E-state index in [2.05, 4.69) is 4.72 Å². The number of rotatable bonds is 5. The molecule has 0 radical (unpaired) electrons. The summed E-state index contributed by atoms with van der Waals surface area (Å²) in [5, 5.41) is 0. The number of halogens is 1. The maximum absolute atomic E-state index is 13.5. The third-order valence-electron chi connectivity index (χ3n) is 2.99. The van der Waals surface area contributed by atoms with Crippen LogP contribution in [-0.4, -0.2) is 15.0 Å². The van der Waals surface area contributed by atoms with Gasteiger partial charge in [0.1, 0.15) is 0 Å². The summed E-state index contributed by atoms with van der Waals surface area (Å²) in [6, 6.07) is 8.89. The van der Waals surface area contributed by atoms with Gasteiger partial charge in [-0.3, -0.25) is 4.72 Å². The van der Waals surface area contributed by atoms with E-state index < -0.39 is 15.8 Å². The first-order valence-corrected chi connectivity index (χ1v) is 8.33. The molecule has 0 aromatic heterocycles. The molecule has 0 bridgehead atoms. The molecule has 0 fully saturated rings. The fourth-order valence-corrected chi connectivity index (χ4v) is 3.22. The van der Waals surface area contributed by atoms with Gasteiger partial charge in [0.05, 0.1) is 11.5 Å². The van der Waals surface area contributed by atoms with Crippen molar-refractivity contribution in [3.8, 4) is 5.75 Å². The molecule has 0 aliphatic heterocycles. The molecule has 0 amide bonds. The molecule has 1 N–H and O–H groups in total. The maximum Gasteiger partial charge on any atom is 0.262 e. The van der Waals surface area contributed by atoms with E-state index in [9.17, 15) is 12.8 Å². The molecule has 2 aromatic carbocycles. The van der Waals surface area contributed by atoms with Crippen LogP contribution in [0.5, 0.6) is 5.75 Å². The summed E-state index contributed by atoms with van der Waals surface area (Å²) in [4.78, 5) is -0.0449. The Bertz CT molecular complexity index is 768. The smallest absolute Gasteiger partial charge is 0.262 e. The zero-order valence-electron chi connectivity index (χ0n) is 12.7. The number of nitrogens with one attached hydrogen (secondary N) is 1. The van der Waals surface area contributed by atoms with E-state index >= 15 is 0 Å². The Balaban J connectivity index is 2.36. The van der Waals surface area contributed by atoms with E-state index in [1.54, 1.807) is 19.1 Å². The maximum atomic E-state index is 13.5. The number of sulfonamides is 1. The third-order valence-corrected chi connectivity index (χ3v) is 4.37. The van der Waals surface area contributed by atoms with Crippen LogP contribution in [0.15, 0.2) is 41.3 Å². The Morgan fingerprint density at radius 2 is 1.73 bits per heavy atom. The van der Waals surface area contributed by atoms with Crippen molar-refractivity contribution in [1.82, 2.24) is 0 Å². The summed E-state index contributed by atoms with van der Waals surface area (Å²) in [6.45, 7) is 5.73. The second kappa shape index (κ2) is 6.36. The Labute approximate surface area is 130 Å². The molecule has 2 rings (SSSR count). The number of benzene rings is 2. The molecule has 118 valence electrons. The van der Waals surface area contributed by atoms with E-state index in [1.807, 2.05) is 19.9 Å². The largest absolute Gasteiger partial charge is 0.491 e. The van der Waals surface area contributed by atoms with Gasteiger partial charge in [-0.05, 0) is 56.2 Å². The molecular formula is C16H18FNO3S. The molecule has 0 saturated carbocycles. The van der Waals surface area contributed by atoms with Crippen LogP contribution >= 0.6 is 0 Å². The molecule has 0 aliphatic carbocycles. The average molecular weight is 323 g/mol. The second-order valence-electron chi connectivity index (χ2n) is 5.01. The normalized spacial score (nSPS) is 11.3. The monoisotopic (exact) mass is 323 g/mol. The Hall–Kier alpha value is -2.08. The van der Waals surface area contributed by atoms with Crippen molar-refractivity contribution in [3.63, 3.8) is 0 Å². The van der Waals surface area contributed by atoms with E-state index in [0.29, 0.717) is 5.69 Å². The van der Waals surface area contributed by atoms with Crippen molar-refractivity contribution in [2.45, 2.75) is 25.7 Å². The number of hydrogen-bond donors (Lipinski definition) is 1. The fraction of sp³-hybridized carbons (Fsp3) is 0.250. The van der Waals surface area contributed by atoms with Gasteiger partial charge in [0.2, 0.25) is 0 Å². The first-order valence-electron chi connectivity index (χ1n) is 6.85. The first-order chi connectivity index (χ1) is 10.3. The lowest BCUT2D eigenvalue weighted by atomic mass is 10.1. The van der Waals surface area contributed by atoms with Crippen LogP contribution in [-0.2, 0) is 10.0 Å². The van der Waals surface area contributed by atoms with Gasteiger partial charge in [0, 0.05) is 11.8 Å². The molecule has 2 aromatic rings. The van der Waals surface area contributed by atoms with E-state index in [-0.39, 0.29) is 17.3 Å². The lowest BCUT2D eigenvalue weighted by Crippen LogP contribution is -2.13. The average Bonchev–Trinajstić information content (AvgIpc) is 2.39. The van der Waals surface area contributed by atoms with Gasteiger partial charge in [0.25, 0.3) is 10.0 Å². The molecule has 0 saturated heterocycles. The zero-order chi connectivity index (χ0) is 16.3. The fourth-order valence-electron chi connectivity index (χ4n) is 2.16. The lowest BCUT2D eigenvalue weighted by Gasteiger charge is -2.11. The highest BCUT2D eigenvalue weighted by molar-refractivity contribution is 7.92. The van der Waals surface area contributed by atoms with Crippen LogP contribution in [0.4, 0.5) is 10.1 Å². The van der Waals surface area contributed by atoms with Crippen molar-refractivity contribution in [1.29, 1.82) is 0 Å². The van der Waals surface area contributed by atoms with Crippen LogP contribution in [0, 0.1) is 19.7 Å². The van der Waals surface area contributed by atoms with Crippen LogP contribution < -0.4 is 9.46 Å². The summed E-state index contributed by atoms with van der Waals surface area (Å²) in [7, 11) is -3.80. The Morgan fingerprint density at radius 1 is 1.09 bits per heavy atom. The molecule has 0 heterocycles. The highest BCUT2D eigenvalue weighted by Crippen LogP contribution is 2.24. The minimum absolute atomic E-state index is 0.0449. The summed E-state index contributed by atoms with van der Waals surface area (Å²) < 4.78 is 45.9. The standard InChI is InChI=1S/C16H18FNO3S/c1-4-21-16-10-14(5-6-15(16)17)22(19,20)18-13-8-11(2)7-12(3)9-13/h5-10,18H,4H2,1-3H3. The number of anilines is 1. The zero-order valence-corrected chi connectivity index (χ0v) is 13.5. The van der Waals surface area contributed by atoms with Crippen molar-refractivity contribution in [3.05, 3.63) is 53.3 Å². The SMILES string of the molecule is CCOc1cc(S(=O)(=O)Nc2cc(C)cc(C)c2)ccc1F. The van der Waals surface area contributed by atoms with Gasteiger partial charge >= 0.3 is 0 Å². The molecular weight excluding hydrogens is 305 g/mol. The molecule has 0 atom stereocenters. The molecule has 22 heavy (non-hydrogen) atoms. The minimum atomic E-state index is -3.80. The van der Waals surface area contributed by atoms with Crippen molar-refractivity contribution in [2.75, 3.05) is 11.3 Å². The quantitative estimate of drug-likeness (QED) is 0.914. The van der Waals surface area contributed by atoms with Crippen molar-refractivity contribution < 1.29 is 17.5 Å². The van der Waals surface area contributed by atoms with E-state index in [1.165, 1.54) is 12.1 Å². The third kappa shape index (κ3) is 3.76. The predicted octanol–water partition coefficient (Wildman–Crippen LogP) is 3.64. The molecule has 4 nitrogen and oxygen atoms in total. The van der Waals surface area contributed by atoms with Gasteiger partial charge in [-0.25, -0.2) is 12.8 Å². The van der Waals surface area contributed by atoms with Crippen molar-refractivity contribution >= 4 is 15.7 Å². The molecule has 0 unspecified atom stereocenters. The molecule has 0 aliphatic rings. The van der Waals surface area contributed by atoms with Crippen molar-refractivity contribution in [2.24, 2.45) is 0 Å². The van der Waals surface area contributed by atoms with Gasteiger partial charge in [-0.1, -0.05) is 6.07 Å². The summed E-state index contributed by atoms with van der Waals surface area (Å²) in [6.07, 6.45) is 0. The van der Waals surface area contributed by atoms with Gasteiger partial charge in [-0.2, -0.15) is 0 Å². The molecule has 6 heteroatoms. The van der Waals surface area contributed by atoms with E-state index in [4.69, 9.17) is 4.74 Å². The summed E-state index contributed by atoms with van der Waals surface area (Å²) in [5.74, 6) is -0.669. The molecule has 0 spiro atoms. The number of hydrogen-bond acceptors (Lipinski definition) is 3. The van der Waals surface area contributed by atoms with Gasteiger partial charge < -0.3 is 4.74 Å². The summed E-state index contributed by atoms with van der Waals surface area (Å²) >= 11 is 0. The Morgan fingerprint density at radius 3 is 2.32 bits per heavy atom. The van der Waals surface area contributed by atoms with Gasteiger partial charge in [-0.15, -0.1) is 0 Å². The van der Waals surface area contributed by atoms with Crippen LogP contribution in [0.3, 0.4) is 0 Å². The second-order valence-corrected chi connectivity index (χ2v) is 6.69. The topological polar surface area (TPSA) is 55.4 Å². The van der Waals surface area contributed by atoms with Crippen LogP contribution in [0.25, 0.3) is 0 Å². The lowest BCUT2D eigenvalue weighted by molar-refractivity contribution is 0.320. The van der Waals surface area contributed by atoms with Crippen LogP contribution in [0.1, 0.15) is 18.1 Å². The predicted molar refractivity (Wildman–Crippen MR) is 84.3 cm³/mol. The highest BCUT2D eigenvalue weighted by Gasteiger charge is 2.17. The highest BCUT2D eigenvalue weighted by atomic mass is 32.2. The van der Waals surface area contributed by atoms with Gasteiger partial charge in [0.15, 0.2) is 11.6 Å². The summed E-state index contributed by atoms with van der Waals surface area (Å²) in [5.41, 5.74) is 2.37. The first kappa shape index (κ1) is 16.3. The van der Waals surface area contributed by atoms with Crippen LogP contribution in [0.2, 0.25) is 0 Å². The minimum Gasteiger partial charge on any atom is -0.491 e. The Kier molecular flexibility index (Phi) is 4.71. The number of ether oxygens (including phenoxy) is 1.